The first-order chi connectivity index (χ1) is 15.6. The van der Waals surface area contributed by atoms with E-state index < -0.39 is 5.60 Å². The molecule has 1 unspecified atom stereocenters. The summed E-state index contributed by atoms with van der Waals surface area (Å²) in [6, 6.07) is 27.2. The highest BCUT2D eigenvalue weighted by atomic mass is 19.1. The average Bonchev–Trinajstić information content (AvgIpc) is 2.85. The SMILES string of the molecule is CC(CCCN1CCC(C(O)(c2ccccc2)c2ccccc2)CC1)c1ccc(F)cc1. The van der Waals surface area contributed by atoms with Gasteiger partial charge in [-0.1, -0.05) is 79.7 Å². The lowest BCUT2D eigenvalue weighted by Crippen LogP contribution is -2.44. The fourth-order valence-electron chi connectivity index (χ4n) is 5.18. The summed E-state index contributed by atoms with van der Waals surface area (Å²) in [4.78, 5) is 2.53. The molecule has 32 heavy (non-hydrogen) atoms. The minimum Gasteiger partial charge on any atom is -0.380 e. The number of likely N-dealkylation sites (tertiary alicyclic amines) is 1. The standard InChI is InChI=1S/C29H34FNO/c1-23(24-14-16-28(30)17-15-24)9-8-20-31-21-18-27(19-22-31)29(32,25-10-4-2-5-11-25)26-12-6-3-7-13-26/h2-7,10-17,23,27,32H,8-9,18-22H2,1H3. The fraction of sp³-hybridized carbons (Fsp3) is 0.379. The first-order valence-electron chi connectivity index (χ1n) is 11.9. The summed E-state index contributed by atoms with van der Waals surface area (Å²) in [5.74, 6) is 0.464. The number of piperidine rings is 1. The Labute approximate surface area is 191 Å². The third-order valence-corrected chi connectivity index (χ3v) is 7.16. The van der Waals surface area contributed by atoms with E-state index in [1.807, 2.05) is 48.5 Å². The van der Waals surface area contributed by atoms with Crippen LogP contribution in [0.25, 0.3) is 0 Å². The molecule has 2 nitrogen and oxygen atoms in total. The number of rotatable bonds is 8. The number of hydrogen-bond acceptors (Lipinski definition) is 2. The first kappa shape index (κ1) is 22.7. The Balaban J connectivity index is 1.35. The molecule has 0 aromatic heterocycles. The highest BCUT2D eigenvalue weighted by molar-refractivity contribution is 5.37. The lowest BCUT2D eigenvalue weighted by atomic mass is 9.72. The van der Waals surface area contributed by atoms with E-state index in [1.165, 1.54) is 5.56 Å². The van der Waals surface area contributed by atoms with E-state index in [0.717, 1.165) is 56.4 Å². The van der Waals surface area contributed by atoms with E-state index >= 15 is 0 Å². The lowest BCUT2D eigenvalue weighted by Gasteiger charge is -2.42. The minimum absolute atomic E-state index is 0.171. The van der Waals surface area contributed by atoms with Gasteiger partial charge in [0.2, 0.25) is 0 Å². The van der Waals surface area contributed by atoms with Crippen LogP contribution in [0.3, 0.4) is 0 Å². The Bertz CT molecular complexity index is 910. The molecule has 1 fully saturated rings. The van der Waals surface area contributed by atoms with Gasteiger partial charge in [-0.05, 0) is 86.0 Å². The van der Waals surface area contributed by atoms with Crippen LogP contribution >= 0.6 is 0 Å². The van der Waals surface area contributed by atoms with E-state index in [4.69, 9.17) is 0 Å². The molecule has 0 aliphatic carbocycles. The second kappa shape index (κ2) is 10.4. The zero-order valence-corrected chi connectivity index (χ0v) is 19.0. The van der Waals surface area contributed by atoms with Crippen molar-refractivity contribution in [2.24, 2.45) is 5.92 Å². The third-order valence-electron chi connectivity index (χ3n) is 7.16. The van der Waals surface area contributed by atoms with Gasteiger partial charge in [0.25, 0.3) is 0 Å². The Morgan fingerprint density at radius 3 is 1.94 bits per heavy atom. The van der Waals surface area contributed by atoms with Crippen molar-refractivity contribution in [2.45, 2.75) is 44.1 Å². The van der Waals surface area contributed by atoms with Crippen LogP contribution in [-0.4, -0.2) is 29.6 Å². The molecule has 0 spiro atoms. The Kier molecular flexibility index (Phi) is 7.39. The predicted octanol–water partition coefficient (Wildman–Crippen LogP) is 6.36. The summed E-state index contributed by atoms with van der Waals surface area (Å²) in [7, 11) is 0. The highest BCUT2D eigenvalue weighted by Gasteiger charge is 2.41. The highest BCUT2D eigenvalue weighted by Crippen LogP contribution is 2.41. The van der Waals surface area contributed by atoms with Crippen LogP contribution in [0.15, 0.2) is 84.9 Å². The van der Waals surface area contributed by atoms with Gasteiger partial charge < -0.3 is 10.0 Å². The molecular formula is C29H34FNO. The van der Waals surface area contributed by atoms with Crippen molar-refractivity contribution in [3.63, 3.8) is 0 Å². The molecule has 0 radical (unpaired) electrons. The third kappa shape index (κ3) is 5.11. The maximum atomic E-state index is 13.2. The molecule has 0 bridgehead atoms. The topological polar surface area (TPSA) is 23.5 Å². The maximum Gasteiger partial charge on any atom is 0.123 e. The van der Waals surface area contributed by atoms with E-state index in [2.05, 4.69) is 36.1 Å². The number of aliphatic hydroxyl groups is 1. The Morgan fingerprint density at radius 1 is 0.875 bits per heavy atom. The Morgan fingerprint density at radius 2 is 1.41 bits per heavy atom. The summed E-state index contributed by atoms with van der Waals surface area (Å²) in [6.07, 6.45) is 4.19. The van der Waals surface area contributed by atoms with Crippen LogP contribution in [0.1, 0.15) is 55.2 Å². The molecule has 1 heterocycles. The largest absolute Gasteiger partial charge is 0.380 e. The summed E-state index contributed by atoms with van der Waals surface area (Å²) in [5, 5.41) is 12.0. The predicted molar refractivity (Wildman–Crippen MR) is 129 cm³/mol. The van der Waals surface area contributed by atoms with Crippen LogP contribution in [0.4, 0.5) is 4.39 Å². The van der Waals surface area contributed by atoms with E-state index in [0.29, 0.717) is 5.92 Å². The van der Waals surface area contributed by atoms with Gasteiger partial charge in [-0.3, -0.25) is 0 Å². The molecular weight excluding hydrogens is 397 g/mol. The van der Waals surface area contributed by atoms with Gasteiger partial charge in [0.05, 0.1) is 0 Å². The van der Waals surface area contributed by atoms with Crippen LogP contribution in [0.5, 0.6) is 0 Å². The lowest BCUT2D eigenvalue weighted by molar-refractivity contribution is -0.0143. The fourth-order valence-corrected chi connectivity index (χ4v) is 5.18. The molecule has 1 atom stereocenters. The molecule has 1 N–H and O–H groups in total. The van der Waals surface area contributed by atoms with Gasteiger partial charge >= 0.3 is 0 Å². The van der Waals surface area contributed by atoms with Gasteiger partial charge in [-0.15, -0.1) is 0 Å². The molecule has 0 saturated carbocycles. The number of benzene rings is 3. The van der Waals surface area contributed by atoms with Crippen molar-refractivity contribution in [3.8, 4) is 0 Å². The molecule has 1 aliphatic rings. The number of halogens is 1. The van der Waals surface area contributed by atoms with E-state index in [-0.39, 0.29) is 11.7 Å². The van der Waals surface area contributed by atoms with Crippen molar-refractivity contribution in [3.05, 3.63) is 107 Å². The van der Waals surface area contributed by atoms with Crippen LogP contribution < -0.4 is 0 Å². The number of hydrogen-bond donors (Lipinski definition) is 1. The smallest absolute Gasteiger partial charge is 0.123 e. The Hall–Kier alpha value is -2.49. The summed E-state index contributed by atoms with van der Waals surface area (Å²) in [5.41, 5.74) is 2.22. The molecule has 3 aromatic rings. The monoisotopic (exact) mass is 431 g/mol. The van der Waals surface area contributed by atoms with Crippen LogP contribution in [-0.2, 0) is 5.60 Å². The summed E-state index contributed by atoms with van der Waals surface area (Å²) in [6.45, 7) is 5.32. The molecule has 4 rings (SSSR count). The van der Waals surface area contributed by atoms with E-state index in [1.54, 1.807) is 12.1 Å². The molecule has 168 valence electrons. The number of nitrogens with zero attached hydrogens (tertiary/aromatic N) is 1. The second-order valence-corrected chi connectivity index (χ2v) is 9.21. The molecule has 3 heteroatoms. The van der Waals surface area contributed by atoms with Crippen molar-refractivity contribution in [1.29, 1.82) is 0 Å². The quantitative estimate of drug-likeness (QED) is 0.449. The van der Waals surface area contributed by atoms with Gasteiger partial charge in [0.1, 0.15) is 11.4 Å². The van der Waals surface area contributed by atoms with Crippen LogP contribution in [0.2, 0.25) is 0 Å². The van der Waals surface area contributed by atoms with Crippen LogP contribution in [0, 0.1) is 11.7 Å². The van der Waals surface area contributed by atoms with Crippen molar-refractivity contribution in [1.82, 2.24) is 4.90 Å². The zero-order chi connectivity index (χ0) is 22.4. The van der Waals surface area contributed by atoms with Gasteiger partial charge in [-0.25, -0.2) is 4.39 Å². The van der Waals surface area contributed by atoms with Gasteiger partial charge in [0, 0.05) is 0 Å². The van der Waals surface area contributed by atoms with Crippen molar-refractivity contribution < 1.29 is 9.50 Å². The second-order valence-electron chi connectivity index (χ2n) is 9.21. The van der Waals surface area contributed by atoms with Gasteiger partial charge in [-0.2, -0.15) is 0 Å². The first-order valence-corrected chi connectivity index (χ1v) is 11.9. The normalized spacial score (nSPS) is 16.7. The molecule has 1 saturated heterocycles. The molecule has 3 aromatic carbocycles. The van der Waals surface area contributed by atoms with E-state index in [9.17, 15) is 9.50 Å². The zero-order valence-electron chi connectivity index (χ0n) is 19.0. The van der Waals surface area contributed by atoms with Gasteiger partial charge in [0.15, 0.2) is 0 Å². The van der Waals surface area contributed by atoms with Crippen molar-refractivity contribution >= 4 is 0 Å². The molecule has 0 amide bonds. The molecule has 1 aliphatic heterocycles. The maximum absolute atomic E-state index is 13.2. The minimum atomic E-state index is -0.953. The average molecular weight is 432 g/mol. The van der Waals surface area contributed by atoms with Crippen molar-refractivity contribution in [2.75, 3.05) is 19.6 Å². The summed E-state index contributed by atoms with van der Waals surface area (Å²) < 4.78 is 13.2. The summed E-state index contributed by atoms with van der Waals surface area (Å²) >= 11 is 0.